The van der Waals surface area contributed by atoms with Crippen LogP contribution < -0.4 is 10.5 Å². The average molecular weight is 329 g/mol. The Hall–Kier alpha value is -2.14. The van der Waals surface area contributed by atoms with Crippen LogP contribution in [0.3, 0.4) is 0 Å². The van der Waals surface area contributed by atoms with Crippen LogP contribution in [-0.4, -0.2) is 18.7 Å². The van der Waals surface area contributed by atoms with E-state index in [1.807, 2.05) is 0 Å². The molecule has 0 saturated heterocycles. The highest BCUT2D eigenvalue weighted by atomic mass is 32.1. The van der Waals surface area contributed by atoms with Crippen LogP contribution in [-0.2, 0) is 6.42 Å². The molecule has 0 amide bonds. The molecule has 1 heterocycles. The first-order valence-corrected chi connectivity index (χ1v) is 8.27. The zero-order valence-electron chi connectivity index (χ0n) is 13.4. The minimum Gasteiger partial charge on any atom is -0.497 e. The van der Waals surface area contributed by atoms with Gasteiger partial charge in [-0.1, -0.05) is 13.8 Å². The highest BCUT2D eigenvalue weighted by Gasteiger charge is 2.36. The Morgan fingerprint density at radius 2 is 1.87 bits per heavy atom. The third-order valence-corrected chi connectivity index (χ3v) is 5.34. The number of nitrogens with two attached hydrogens (primary N) is 1. The zero-order valence-corrected chi connectivity index (χ0v) is 14.3. The molecule has 5 heteroatoms. The van der Waals surface area contributed by atoms with E-state index < -0.39 is 0 Å². The van der Waals surface area contributed by atoms with E-state index >= 15 is 0 Å². The van der Waals surface area contributed by atoms with Crippen LogP contribution in [0.15, 0.2) is 24.3 Å². The number of ether oxygens (including phenoxy) is 1. The number of rotatable bonds is 3. The maximum Gasteiger partial charge on any atom is 0.205 e. The summed E-state index contributed by atoms with van der Waals surface area (Å²) >= 11 is 1.35. The van der Waals surface area contributed by atoms with Gasteiger partial charge in [0.05, 0.1) is 23.2 Å². The van der Waals surface area contributed by atoms with Crippen LogP contribution in [0.1, 0.15) is 50.7 Å². The molecule has 0 bridgehead atoms. The van der Waals surface area contributed by atoms with Gasteiger partial charge in [0, 0.05) is 16.9 Å². The Kier molecular flexibility index (Phi) is 3.76. The van der Waals surface area contributed by atoms with Crippen molar-refractivity contribution in [3.8, 4) is 5.75 Å². The van der Waals surface area contributed by atoms with Gasteiger partial charge in [-0.15, -0.1) is 11.3 Å². The summed E-state index contributed by atoms with van der Waals surface area (Å²) < 4.78 is 5.10. The number of anilines is 1. The number of hydrogen-bond acceptors (Lipinski definition) is 5. The van der Waals surface area contributed by atoms with E-state index in [1.54, 1.807) is 31.4 Å². The molecule has 0 atom stereocenters. The van der Waals surface area contributed by atoms with Crippen molar-refractivity contribution in [2.75, 3.05) is 12.8 Å². The number of carbonyl (C=O) groups excluding carboxylic acids is 2. The van der Waals surface area contributed by atoms with Crippen molar-refractivity contribution in [3.63, 3.8) is 0 Å². The molecule has 1 aromatic heterocycles. The van der Waals surface area contributed by atoms with Gasteiger partial charge in [0.2, 0.25) is 5.78 Å². The fourth-order valence-electron chi connectivity index (χ4n) is 2.99. The van der Waals surface area contributed by atoms with Crippen molar-refractivity contribution in [2.45, 2.75) is 26.7 Å². The first kappa shape index (κ1) is 15.7. The van der Waals surface area contributed by atoms with Crippen LogP contribution in [0.2, 0.25) is 0 Å². The zero-order chi connectivity index (χ0) is 16.8. The van der Waals surface area contributed by atoms with Gasteiger partial charge >= 0.3 is 0 Å². The largest absolute Gasteiger partial charge is 0.497 e. The number of methoxy groups -OCH3 is 1. The second-order valence-electron chi connectivity index (χ2n) is 6.64. The number of ketones is 2. The fraction of sp³-hybridized carbons (Fsp3) is 0.333. The highest BCUT2D eigenvalue weighted by Crippen LogP contribution is 2.43. The lowest BCUT2D eigenvalue weighted by molar-refractivity contribution is 0.0915. The van der Waals surface area contributed by atoms with Crippen molar-refractivity contribution < 1.29 is 14.3 Å². The van der Waals surface area contributed by atoms with Crippen LogP contribution in [0.4, 0.5) is 5.69 Å². The van der Waals surface area contributed by atoms with Gasteiger partial charge in [-0.05, 0) is 36.1 Å². The number of benzene rings is 1. The molecule has 0 radical (unpaired) electrons. The number of thiophene rings is 1. The van der Waals surface area contributed by atoms with Crippen molar-refractivity contribution in [1.29, 1.82) is 0 Å². The quantitative estimate of drug-likeness (QED) is 0.871. The minimum absolute atomic E-state index is 0.0405. The van der Waals surface area contributed by atoms with E-state index in [-0.39, 0.29) is 17.0 Å². The predicted octanol–water partition coefficient (Wildman–Crippen LogP) is 3.73. The van der Waals surface area contributed by atoms with Crippen molar-refractivity contribution in [1.82, 2.24) is 0 Å². The van der Waals surface area contributed by atoms with E-state index in [0.29, 0.717) is 33.9 Å². The Balaban J connectivity index is 2.01. The van der Waals surface area contributed by atoms with Crippen molar-refractivity contribution in [3.05, 3.63) is 45.1 Å². The molecule has 0 unspecified atom stereocenters. The molecule has 2 N–H and O–H groups in total. The standard InChI is InChI=1S/C18H19NO3S/c1-18(2)8-12(20)14-13(9-18)23-17(15(14)19)16(21)10-4-6-11(22-3)7-5-10/h4-7H,8-9,19H2,1-3H3. The van der Waals surface area contributed by atoms with Gasteiger partial charge in [-0.25, -0.2) is 0 Å². The molecule has 1 aromatic carbocycles. The molecule has 0 aliphatic heterocycles. The van der Waals surface area contributed by atoms with Crippen molar-refractivity contribution >= 4 is 28.6 Å². The number of Topliss-reactive ketones (excluding diaryl/α,β-unsaturated/α-hetero) is 1. The molecule has 0 spiro atoms. The third-order valence-electron chi connectivity index (χ3n) is 4.13. The maximum absolute atomic E-state index is 12.7. The van der Waals surface area contributed by atoms with Crippen LogP contribution in [0.5, 0.6) is 5.75 Å². The maximum atomic E-state index is 12.7. The van der Waals surface area contributed by atoms with E-state index in [2.05, 4.69) is 13.8 Å². The third kappa shape index (κ3) is 2.77. The van der Waals surface area contributed by atoms with E-state index in [9.17, 15) is 9.59 Å². The van der Waals surface area contributed by atoms with Crippen LogP contribution in [0, 0.1) is 5.41 Å². The summed E-state index contributed by atoms with van der Waals surface area (Å²) in [7, 11) is 1.58. The molecule has 3 rings (SSSR count). The summed E-state index contributed by atoms with van der Waals surface area (Å²) in [5.41, 5.74) is 7.50. The summed E-state index contributed by atoms with van der Waals surface area (Å²) in [5, 5.41) is 0. The Labute approximate surface area is 139 Å². The van der Waals surface area contributed by atoms with E-state index in [1.165, 1.54) is 11.3 Å². The Morgan fingerprint density at radius 3 is 2.48 bits per heavy atom. The molecule has 0 fully saturated rings. The summed E-state index contributed by atoms with van der Waals surface area (Å²) in [5.74, 6) is 0.589. The molecule has 120 valence electrons. The topological polar surface area (TPSA) is 69.4 Å². The second kappa shape index (κ2) is 5.49. The van der Waals surface area contributed by atoms with Crippen LogP contribution >= 0.6 is 11.3 Å². The normalized spacial score (nSPS) is 16.0. The molecule has 0 saturated carbocycles. The lowest BCUT2D eigenvalue weighted by Crippen LogP contribution is -2.26. The van der Waals surface area contributed by atoms with Gasteiger partial charge in [-0.2, -0.15) is 0 Å². The highest BCUT2D eigenvalue weighted by molar-refractivity contribution is 7.15. The average Bonchev–Trinajstić information content (AvgIpc) is 2.82. The second-order valence-corrected chi connectivity index (χ2v) is 7.75. The van der Waals surface area contributed by atoms with Crippen LogP contribution in [0.25, 0.3) is 0 Å². The van der Waals surface area contributed by atoms with Gasteiger partial charge in [0.1, 0.15) is 5.75 Å². The van der Waals surface area contributed by atoms with Gasteiger partial charge in [0.15, 0.2) is 5.78 Å². The molecule has 1 aliphatic rings. The van der Waals surface area contributed by atoms with E-state index in [4.69, 9.17) is 10.5 Å². The lowest BCUT2D eigenvalue weighted by Gasteiger charge is -2.28. The van der Waals surface area contributed by atoms with Gasteiger partial charge in [-0.3, -0.25) is 9.59 Å². The first-order chi connectivity index (χ1) is 10.8. The first-order valence-electron chi connectivity index (χ1n) is 7.45. The molecule has 4 nitrogen and oxygen atoms in total. The van der Waals surface area contributed by atoms with Gasteiger partial charge in [0.25, 0.3) is 0 Å². The number of fused-ring (bicyclic) bond motifs is 1. The summed E-state index contributed by atoms with van der Waals surface area (Å²) in [6.45, 7) is 4.13. The molecule has 23 heavy (non-hydrogen) atoms. The Morgan fingerprint density at radius 1 is 1.22 bits per heavy atom. The fourth-order valence-corrected chi connectivity index (χ4v) is 4.44. The molecule has 2 aromatic rings. The molecule has 1 aliphatic carbocycles. The monoisotopic (exact) mass is 329 g/mol. The summed E-state index contributed by atoms with van der Waals surface area (Å²) in [6.07, 6.45) is 1.25. The number of nitrogen functional groups attached to an aromatic ring is 1. The summed E-state index contributed by atoms with van der Waals surface area (Å²) in [6, 6.07) is 6.91. The SMILES string of the molecule is COc1ccc(C(=O)c2sc3c(c2N)C(=O)CC(C)(C)C3)cc1. The smallest absolute Gasteiger partial charge is 0.205 e. The lowest BCUT2D eigenvalue weighted by atomic mass is 9.76. The van der Waals surface area contributed by atoms with Gasteiger partial charge < -0.3 is 10.5 Å². The Bertz CT molecular complexity index is 787. The molecular formula is C18H19NO3S. The van der Waals surface area contributed by atoms with E-state index in [0.717, 1.165) is 11.3 Å². The number of carbonyl (C=O) groups is 2. The predicted molar refractivity (Wildman–Crippen MR) is 91.6 cm³/mol. The molecular weight excluding hydrogens is 310 g/mol. The minimum atomic E-state index is -0.143. The van der Waals surface area contributed by atoms with Crippen molar-refractivity contribution in [2.24, 2.45) is 5.41 Å². The number of hydrogen-bond donors (Lipinski definition) is 1. The summed E-state index contributed by atoms with van der Waals surface area (Å²) in [4.78, 5) is 26.5.